The van der Waals surface area contributed by atoms with Gasteiger partial charge in [0.1, 0.15) is 23.9 Å². The van der Waals surface area contributed by atoms with Crippen molar-refractivity contribution in [3.8, 4) is 0 Å². The van der Waals surface area contributed by atoms with Crippen LogP contribution in [0.2, 0.25) is 0 Å². The molecule has 2 aliphatic rings. The van der Waals surface area contributed by atoms with Gasteiger partial charge in [0.2, 0.25) is 5.91 Å². The normalized spacial score (nSPS) is 20.1. The second kappa shape index (κ2) is 13.9. The van der Waals surface area contributed by atoms with Crippen molar-refractivity contribution in [2.75, 3.05) is 12.4 Å². The Bertz CT molecular complexity index is 986. The molecule has 0 aliphatic carbocycles. The number of esters is 1. The van der Waals surface area contributed by atoms with Gasteiger partial charge >= 0.3 is 94.6 Å². The number of hydrogen-bond acceptors (Lipinski definition) is 11. The van der Waals surface area contributed by atoms with Crippen LogP contribution >= 0.6 is 30.7 Å². The van der Waals surface area contributed by atoms with Crippen LogP contribution in [0.4, 0.5) is 0 Å². The molecule has 3 atom stereocenters. The summed E-state index contributed by atoms with van der Waals surface area (Å²) < 4.78 is 16.5. The van der Waals surface area contributed by atoms with Gasteiger partial charge in [0, 0.05) is 18.2 Å². The number of carboxylic acids is 1. The minimum Gasteiger partial charge on any atom is -0.806 e. The molecule has 0 saturated carbocycles. The van der Waals surface area contributed by atoms with Crippen LogP contribution in [-0.2, 0) is 28.5 Å². The monoisotopic (exact) mass is 542 g/mol. The molecule has 3 heterocycles. The first kappa shape index (κ1) is 33.8. The number of carboxylic acid groups (broad SMARTS) is 1. The zero-order valence-corrected chi connectivity index (χ0v) is 26.8. The van der Waals surface area contributed by atoms with Gasteiger partial charge in [0.25, 0.3) is 5.91 Å². The number of thiophene rings is 1. The van der Waals surface area contributed by atoms with E-state index in [1.54, 1.807) is 5.38 Å². The fourth-order valence-corrected chi connectivity index (χ4v) is 6.32. The van der Waals surface area contributed by atoms with Crippen LogP contribution < -0.4 is 109 Å². The summed E-state index contributed by atoms with van der Waals surface area (Å²) in [5, 5.41) is 15.8. The molecule has 17 heteroatoms. The van der Waals surface area contributed by atoms with Crippen molar-refractivity contribution in [3.63, 3.8) is 0 Å². The molecular weight excluding hydrogens is 528 g/mol. The first-order chi connectivity index (χ1) is 14.0. The Morgan fingerprint density at radius 3 is 2.42 bits per heavy atom. The third-order valence-corrected chi connectivity index (χ3v) is 7.49. The third kappa shape index (κ3) is 7.65. The molecule has 1 aromatic rings. The molecule has 33 heavy (non-hydrogen) atoms. The first-order valence-corrected chi connectivity index (χ1v) is 11.9. The molecular formula is C16H14N2Na3O9PS2. The van der Waals surface area contributed by atoms with E-state index in [1.807, 2.05) is 0 Å². The largest absolute Gasteiger partial charge is 1.00 e. The molecule has 1 fully saturated rings. The fraction of sp³-hybridized carbons (Fsp3) is 0.375. The number of nitrogens with zero attached hydrogens (tertiary/aromatic N) is 1. The summed E-state index contributed by atoms with van der Waals surface area (Å²) in [6.45, 7) is 0.638. The fourth-order valence-electron chi connectivity index (χ4n) is 3.10. The zero-order valence-electron chi connectivity index (χ0n) is 18.3. The molecule has 0 aromatic carbocycles. The number of rotatable bonds is 7. The van der Waals surface area contributed by atoms with Crippen LogP contribution in [0.5, 0.6) is 0 Å². The number of carbonyl (C=O) groups is 4. The summed E-state index contributed by atoms with van der Waals surface area (Å²) >= 11 is 2.22. The summed E-state index contributed by atoms with van der Waals surface area (Å²) in [6, 6.07) is 0.210. The van der Waals surface area contributed by atoms with Crippen LogP contribution in [0.25, 0.3) is 0 Å². The standard InChI is InChI=1S/C16H17N2O9PS2.3Na/c1-7(19)27-4-9-6-30-15-11(13(21)18(15)14(9)28(24,25)26)17-12(20)10(16(22)23)8-2-3-29-5-8;;;/h2-3,5,10-11,15H,4,6H2,1H3,(H,17,20)(H,22,23)(H2,24,25,26);;;/q;3*+1/p-3/t10?,11-,15-;;;/m1.../s1. The Morgan fingerprint density at radius 2 is 1.94 bits per heavy atom. The average Bonchev–Trinajstić information content (AvgIpc) is 3.16. The molecule has 1 saturated heterocycles. The number of aliphatic carboxylic acids is 1. The smallest absolute Gasteiger partial charge is 0.806 e. The van der Waals surface area contributed by atoms with E-state index in [-0.39, 0.29) is 106 Å². The van der Waals surface area contributed by atoms with E-state index in [0.717, 1.165) is 23.6 Å². The number of thioether (sulfide) groups is 1. The molecule has 1 unspecified atom stereocenters. The number of β-lactam (4-membered cyclic amide) rings is 1. The van der Waals surface area contributed by atoms with Gasteiger partial charge in [-0.25, -0.2) is 0 Å². The molecule has 3 rings (SSSR count). The summed E-state index contributed by atoms with van der Waals surface area (Å²) in [4.78, 5) is 71.7. The van der Waals surface area contributed by atoms with Gasteiger partial charge in [0.15, 0.2) is 0 Å². The molecule has 11 nitrogen and oxygen atoms in total. The third-order valence-electron chi connectivity index (χ3n) is 4.40. The van der Waals surface area contributed by atoms with Crippen LogP contribution in [-0.4, -0.2) is 52.4 Å². The van der Waals surface area contributed by atoms with Crippen molar-refractivity contribution >= 4 is 54.4 Å². The Kier molecular flexibility index (Phi) is 14.3. The zero-order chi connectivity index (χ0) is 22.2. The van der Waals surface area contributed by atoms with Gasteiger partial charge in [-0.2, -0.15) is 11.3 Å². The van der Waals surface area contributed by atoms with Gasteiger partial charge in [-0.05, 0) is 30.0 Å². The molecule has 0 bridgehead atoms. The topological polar surface area (TPSA) is 179 Å². The van der Waals surface area contributed by atoms with E-state index in [0.29, 0.717) is 0 Å². The molecule has 162 valence electrons. The van der Waals surface area contributed by atoms with Gasteiger partial charge < -0.3 is 34.3 Å². The van der Waals surface area contributed by atoms with Crippen LogP contribution in [0.1, 0.15) is 18.4 Å². The Hall–Kier alpha value is 0.820. The van der Waals surface area contributed by atoms with E-state index in [4.69, 9.17) is 4.74 Å². The second-order valence-corrected chi connectivity index (χ2v) is 9.71. The van der Waals surface area contributed by atoms with Gasteiger partial charge in [-0.15, -0.1) is 11.8 Å². The van der Waals surface area contributed by atoms with E-state index >= 15 is 0 Å². The Balaban J connectivity index is 0.00000341. The molecule has 1 aromatic heterocycles. The average molecular weight is 542 g/mol. The maximum absolute atomic E-state index is 12.5. The van der Waals surface area contributed by atoms with Gasteiger partial charge in [-0.3, -0.25) is 19.3 Å². The summed E-state index contributed by atoms with van der Waals surface area (Å²) in [6.07, 6.45) is 0. The molecule has 2 amide bonds. The number of nitrogens with one attached hydrogen (secondary N) is 1. The van der Waals surface area contributed by atoms with Gasteiger partial charge in [-0.1, -0.05) is 0 Å². The number of carbonyl (C=O) groups excluding carboxylic acids is 4. The predicted molar refractivity (Wildman–Crippen MR) is 98.4 cm³/mol. The van der Waals surface area contributed by atoms with Crippen molar-refractivity contribution in [3.05, 3.63) is 33.4 Å². The Morgan fingerprint density at radius 1 is 1.30 bits per heavy atom. The maximum Gasteiger partial charge on any atom is 1.00 e. The number of ether oxygens (including phenoxy) is 1. The Labute approximate surface area is 263 Å². The minimum atomic E-state index is -5.41. The van der Waals surface area contributed by atoms with E-state index in [1.165, 1.54) is 22.8 Å². The molecule has 0 spiro atoms. The van der Waals surface area contributed by atoms with E-state index in [9.17, 15) is 38.6 Å². The predicted octanol–water partition coefficient (Wildman–Crippen LogP) is -11.3. The van der Waals surface area contributed by atoms with Crippen LogP contribution in [0.15, 0.2) is 27.8 Å². The SMILES string of the molecule is CC(=O)OCC1=C(P(=O)([O-])[O-])N2C(=O)[C@@H](NC(=O)C(C(=O)[O-])c3ccsc3)[C@H]2SC1.[Na+].[Na+].[Na+]. The van der Waals surface area contributed by atoms with Crippen molar-refractivity contribution < 1.29 is 132 Å². The molecule has 1 N–H and O–H groups in total. The van der Waals surface area contributed by atoms with E-state index < -0.39 is 60.7 Å². The number of amides is 2. The van der Waals surface area contributed by atoms with Crippen molar-refractivity contribution in [1.29, 1.82) is 0 Å². The number of fused-ring (bicyclic) bond motifs is 1. The van der Waals surface area contributed by atoms with Crippen LogP contribution in [0, 0.1) is 0 Å². The summed E-state index contributed by atoms with van der Waals surface area (Å²) in [5.74, 6) is -5.90. The molecule has 2 aliphatic heterocycles. The van der Waals surface area contributed by atoms with Gasteiger partial charge in [0.05, 0.1) is 11.4 Å². The summed E-state index contributed by atoms with van der Waals surface area (Å²) in [7, 11) is -5.41. The van der Waals surface area contributed by atoms with E-state index in [2.05, 4.69) is 5.32 Å². The van der Waals surface area contributed by atoms with Crippen molar-refractivity contribution in [2.45, 2.75) is 24.3 Å². The van der Waals surface area contributed by atoms with Crippen molar-refractivity contribution in [1.82, 2.24) is 10.2 Å². The minimum absolute atomic E-state index is 0. The van der Waals surface area contributed by atoms with Crippen LogP contribution in [0.3, 0.4) is 0 Å². The maximum atomic E-state index is 12.5. The molecule has 0 radical (unpaired) electrons. The first-order valence-electron chi connectivity index (χ1n) is 8.38. The number of hydrogen-bond donors (Lipinski definition) is 1. The van der Waals surface area contributed by atoms with Crippen molar-refractivity contribution in [2.24, 2.45) is 0 Å². The second-order valence-electron chi connectivity index (χ2n) is 6.41. The summed E-state index contributed by atoms with van der Waals surface area (Å²) in [5.41, 5.74) is -0.633. The quantitative estimate of drug-likeness (QED) is 0.114.